The van der Waals surface area contributed by atoms with Gasteiger partial charge in [0.15, 0.2) is 0 Å². The van der Waals surface area contributed by atoms with Crippen molar-refractivity contribution < 1.29 is 14.6 Å². The summed E-state index contributed by atoms with van der Waals surface area (Å²) in [5.41, 5.74) is -0.464. The van der Waals surface area contributed by atoms with E-state index in [4.69, 9.17) is 4.74 Å². The first-order chi connectivity index (χ1) is 7.74. The third-order valence-corrected chi connectivity index (χ3v) is 3.24. The molecule has 1 aliphatic heterocycles. The zero-order valence-electron chi connectivity index (χ0n) is 11.6. The smallest absolute Gasteiger partial charge is 0.410 e. The van der Waals surface area contributed by atoms with Crippen molar-refractivity contribution in [3.63, 3.8) is 0 Å². The van der Waals surface area contributed by atoms with Gasteiger partial charge < -0.3 is 14.7 Å². The van der Waals surface area contributed by atoms with Crippen LogP contribution < -0.4 is 0 Å². The Morgan fingerprint density at radius 2 is 2.06 bits per heavy atom. The number of carbonyl (C=O) groups is 1. The van der Waals surface area contributed by atoms with Crippen molar-refractivity contribution in [2.24, 2.45) is 5.92 Å². The van der Waals surface area contributed by atoms with Crippen LogP contribution in [0.1, 0.15) is 47.5 Å². The molecule has 0 aromatic rings. The van der Waals surface area contributed by atoms with Gasteiger partial charge in [-0.1, -0.05) is 6.92 Å². The van der Waals surface area contributed by atoms with Crippen molar-refractivity contribution in [3.8, 4) is 0 Å². The molecule has 1 rings (SSSR count). The van der Waals surface area contributed by atoms with Crippen LogP contribution in [0, 0.1) is 5.92 Å². The maximum atomic E-state index is 12.0. The summed E-state index contributed by atoms with van der Waals surface area (Å²) in [5.74, 6) is 0.165. The number of aliphatic hydroxyl groups excluding tert-OH is 1. The van der Waals surface area contributed by atoms with E-state index in [1.165, 1.54) is 0 Å². The number of aliphatic hydroxyl groups is 1. The second kappa shape index (κ2) is 5.25. The van der Waals surface area contributed by atoms with E-state index in [0.29, 0.717) is 13.0 Å². The van der Waals surface area contributed by atoms with Gasteiger partial charge in [-0.3, -0.25) is 0 Å². The third-order valence-electron chi connectivity index (χ3n) is 3.24. The Balaban J connectivity index is 2.66. The number of rotatable bonds is 1. The van der Waals surface area contributed by atoms with Crippen molar-refractivity contribution in [2.75, 3.05) is 6.54 Å². The molecular formula is C13H25NO3. The fraction of sp³-hybridized carbons (Fsp3) is 0.923. The molecule has 1 fully saturated rings. The largest absolute Gasteiger partial charge is 0.444 e. The molecule has 1 amide bonds. The monoisotopic (exact) mass is 243 g/mol. The first-order valence-electron chi connectivity index (χ1n) is 6.42. The van der Waals surface area contributed by atoms with E-state index in [2.05, 4.69) is 0 Å². The van der Waals surface area contributed by atoms with Gasteiger partial charge >= 0.3 is 6.09 Å². The number of nitrogens with zero attached hydrogens (tertiary/aromatic N) is 1. The highest BCUT2D eigenvalue weighted by atomic mass is 16.6. The van der Waals surface area contributed by atoms with Crippen molar-refractivity contribution in [2.45, 2.75) is 65.2 Å². The fourth-order valence-corrected chi connectivity index (χ4v) is 2.20. The average Bonchev–Trinajstić information content (AvgIpc) is 2.14. The lowest BCUT2D eigenvalue weighted by Gasteiger charge is -2.41. The number of ether oxygens (including phenoxy) is 1. The topological polar surface area (TPSA) is 49.8 Å². The molecule has 0 aliphatic carbocycles. The number of likely N-dealkylation sites (tertiary alicyclic amines) is 1. The summed E-state index contributed by atoms with van der Waals surface area (Å²) in [6.45, 7) is 10.2. The highest BCUT2D eigenvalue weighted by Crippen LogP contribution is 2.26. The minimum atomic E-state index is -0.464. The van der Waals surface area contributed by atoms with Crippen LogP contribution in [0.4, 0.5) is 4.79 Å². The molecule has 0 aromatic heterocycles. The maximum absolute atomic E-state index is 12.0. The minimum absolute atomic E-state index is 0.0441. The van der Waals surface area contributed by atoms with Crippen LogP contribution in [0.2, 0.25) is 0 Å². The lowest BCUT2D eigenvalue weighted by atomic mass is 9.89. The normalized spacial score (nSPS) is 30.2. The molecule has 100 valence electrons. The Labute approximate surface area is 104 Å². The lowest BCUT2D eigenvalue weighted by Crippen LogP contribution is -2.52. The lowest BCUT2D eigenvalue weighted by molar-refractivity contribution is -0.0271. The molecule has 0 unspecified atom stereocenters. The molecule has 0 bridgehead atoms. The van der Waals surface area contributed by atoms with E-state index in [0.717, 1.165) is 6.42 Å². The van der Waals surface area contributed by atoms with Gasteiger partial charge in [0.2, 0.25) is 0 Å². The average molecular weight is 243 g/mol. The number of carbonyl (C=O) groups excluding carboxylic acids is 1. The van der Waals surface area contributed by atoms with E-state index in [1.54, 1.807) is 4.90 Å². The van der Waals surface area contributed by atoms with Gasteiger partial charge in [-0.25, -0.2) is 4.79 Å². The molecular weight excluding hydrogens is 218 g/mol. The van der Waals surface area contributed by atoms with Gasteiger partial charge in [0.25, 0.3) is 0 Å². The van der Waals surface area contributed by atoms with Crippen LogP contribution in [-0.4, -0.2) is 40.4 Å². The van der Waals surface area contributed by atoms with Gasteiger partial charge in [0.1, 0.15) is 5.60 Å². The molecule has 4 nitrogen and oxygen atoms in total. The Morgan fingerprint density at radius 1 is 1.47 bits per heavy atom. The first-order valence-corrected chi connectivity index (χ1v) is 6.42. The van der Waals surface area contributed by atoms with E-state index in [-0.39, 0.29) is 24.2 Å². The third kappa shape index (κ3) is 3.87. The van der Waals surface area contributed by atoms with E-state index in [9.17, 15) is 9.90 Å². The number of hydrogen-bond donors (Lipinski definition) is 1. The van der Waals surface area contributed by atoms with Gasteiger partial charge in [-0.2, -0.15) is 0 Å². The van der Waals surface area contributed by atoms with E-state index < -0.39 is 5.60 Å². The fourth-order valence-electron chi connectivity index (χ4n) is 2.20. The molecule has 1 saturated heterocycles. The Kier molecular flexibility index (Phi) is 4.42. The maximum Gasteiger partial charge on any atom is 0.410 e. The Morgan fingerprint density at radius 3 is 2.53 bits per heavy atom. The van der Waals surface area contributed by atoms with Crippen LogP contribution >= 0.6 is 0 Å². The predicted octanol–water partition coefficient (Wildman–Crippen LogP) is 2.40. The SMILES string of the molecule is CC[C@@H]1CN(C(=O)OC(C)(C)C)[C@@H](C)C[C@H]1O. The van der Waals surface area contributed by atoms with E-state index >= 15 is 0 Å². The number of hydrogen-bond acceptors (Lipinski definition) is 3. The van der Waals surface area contributed by atoms with Crippen LogP contribution in [-0.2, 0) is 4.74 Å². The zero-order valence-corrected chi connectivity index (χ0v) is 11.6. The Hall–Kier alpha value is -0.770. The summed E-state index contributed by atoms with van der Waals surface area (Å²) in [5, 5.41) is 9.89. The standard InChI is InChI=1S/C13H25NO3/c1-6-10-8-14(9(2)7-11(10)15)12(16)17-13(3,4)5/h9-11,15H,6-8H2,1-5H3/t9-,10+,11+/m0/s1. The first kappa shape index (κ1) is 14.3. The van der Waals surface area contributed by atoms with Crippen molar-refractivity contribution in [3.05, 3.63) is 0 Å². The van der Waals surface area contributed by atoms with Crippen molar-refractivity contribution in [1.29, 1.82) is 0 Å². The summed E-state index contributed by atoms with van der Waals surface area (Å²) >= 11 is 0. The summed E-state index contributed by atoms with van der Waals surface area (Å²) in [6, 6.07) is 0.0441. The summed E-state index contributed by atoms with van der Waals surface area (Å²) in [4.78, 5) is 13.8. The van der Waals surface area contributed by atoms with Gasteiger partial charge in [-0.05, 0) is 40.5 Å². The highest BCUT2D eigenvalue weighted by molar-refractivity contribution is 5.68. The van der Waals surface area contributed by atoms with Crippen LogP contribution in [0.15, 0.2) is 0 Å². The molecule has 0 saturated carbocycles. The molecule has 0 aromatic carbocycles. The zero-order chi connectivity index (χ0) is 13.2. The summed E-state index contributed by atoms with van der Waals surface area (Å²) < 4.78 is 5.38. The van der Waals surface area contributed by atoms with Crippen LogP contribution in [0.5, 0.6) is 0 Å². The molecule has 1 aliphatic rings. The van der Waals surface area contributed by atoms with Gasteiger partial charge in [0, 0.05) is 18.5 Å². The van der Waals surface area contributed by atoms with E-state index in [1.807, 2.05) is 34.6 Å². The molecule has 1 heterocycles. The number of piperidine rings is 1. The van der Waals surface area contributed by atoms with Crippen LogP contribution in [0.3, 0.4) is 0 Å². The minimum Gasteiger partial charge on any atom is -0.444 e. The van der Waals surface area contributed by atoms with Crippen LogP contribution in [0.25, 0.3) is 0 Å². The van der Waals surface area contributed by atoms with Crippen molar-refractivity contribution >= 4 is 6.09 Å². The Bertz CT molecular complexity index is 272. The molecule has 4 heteroatoms. The second-order valence-electron chi connectivity index (χ2n) is 5.95. The van der Waals surface area contributed by atoms with Gasteiger partial charge in [-0.15, -0.1) is 0 Å². The second-order valence-corrected chi connectivity index (χ2v) is 5.95. The summed E-state index contributed by atoms with van der Waals surface area (Å²) in [6.07, 6.45) is 0.953. The predicted molar refractivity (Wildman–Crippen MR) is 66.8 cm³/mol. The molecule has 1 N–H and O–H groups in total. The molecule has 0 radical (unpaired) electrons. The van der Waals surface area contributed by atoms with Crippen molar-refractivity contribution in [1.82, 2.24) is 4.90 Å². The quantitative estimate of drug-likeness (QED) is 0.769. The molecule has 3 atom stereocenters. The highest BCUT2D eigenvalue weighted by Gasteiger charge is 2.35. The summed E-state index contributed by atoms with van der Waals surface area (Å²) in [7, 11) is 0. The van der Waals surface area contributed by atoms with Gasteiger partial charge in [0.05, 0.1) is 6.10 Å². The molecule has 17 heavy (non-hydrogen) atoms. The molecule has 0 spiro atoms. The number of amides is 1.